The molecule has 0 bridgehead atoms. The molecule has 154 valence electrons. The molecule has 0 aliphatic heterocycles. The van der Waals surface area contributed by atoms with E-state index in [0.717, 1.165) is 0 Å². The van der Waals surface area contributed by atoms with Crippen molar-refractivity contribution in [2.24, 2.45) is 11.7 Å². The van der Waals surface area contributed by atoms with Crippen LogP contribution in [0.1, 0.15) is 38.3 Å². The monoisotopic (exact) mass is 413 g/mol. The standard InChI is InChI=1S/C18H24FN5O3.ClH/c1-9(2)15(20)17(26)21-8-14(25)22-11(4)18-23-16(24-27-18)12-6-5-10(3)13(19)7-12;/h5-7,9,11,15H,8,20H2,1-4H3,(H,21,26)(H,22,25);1H/t11?,15-;/m0./s1. The molecule has 1 aromatic carbocycles. The van der Waals surface area contributed by atoms with E-state index in [0.29, 0.717) is 11.1 Å². The van der Waals surface area contributed by atoms with Crippen LogP contribution < -0.4 is 16.4 Å². The van der Waals surface area contributed by atoms with Gasteiger partial charge < -0.3 is 20.9 Å². The SMILES string of the molecule is Cc1ccc(-c2noc(C(C)NC(=O)CNC(=O)[C@@H](N)C(C)C)n2)cc1F.Cl. The van der Waals surface area contributed by atoms with Gasteiger partial charge >= 0.3 is 0 Å². The number of hydrogen-bond donors (Lipinski definition) is 3. The van der Waals surface area contributed by atoms with Crippen molar-refractivity contribution in [1.29, 1.82) is 0 Å². The fourth-order valence-corrected chi connectivity index (χ4v) is 2.20. The van der Waals surface area contributed by atoms with Crippen LogP contribution in [0.2, 0.25) is 0 Å². The van der Waals surface area contributed by atoms with E-state index >= 15 is 0 Å². The molecule has 0 spiro atoms. The first-order valence-electron chi connectivity index (χ1n) is 8.61. The fraction of sp³-hybridized carbons (Fsp3) is 0.444. The molecule has 28 heavy (non-hydrogen) atoms. The molecular weight excluding hydrogens is 389 g/mol. The summed E-state index contributed by atoms with van der Waals surface area (Å²) in [4.78, 5) is 27.9. The maximum Gasteiger partial charge on any atom is 0.249 e. The molecule has 0 fully saturated rings. The number of nitrogens with two attached hydrogens (primary N) is 1. The first-order chi connectivity index (χ1) is 12.7. The molecule has 0 aliphatic rings. The second-order valence-electron chi connectivity index (χ2n) is 6.70. The van der Waals surface area contributed by atoms with Crippen LogP contribution in [-0.4, -0.2) is 34.5 Å². The topological polar surface area (TPSA) is 123 Å². The Balaban J connectivity index is 0.00000392. The summed E-state index contributed by atoms with van der Waals surface area (Å²) in [6, 6.07) is 3.37. The minimum Gasteiger partial charge on any atom is -0.346 e. The number of aryl methyl sites for hydroxylation is 1. The van der Waals surface area contributed by atoms with Crippen molar-refractivity contribution in [3.8, 4) is 11.4 Å². The molecule has 0 saturated heterocycles. The van der Waals surface area contributed by atoms with E-state index in [9.17, 15) is 14.0 Å². The summed E-state index contributed by atoms with van der Waals surface area (Å²) in [5.74, 6) is -0.820. The maximum absolute atomic E-state index is 13.7. The second-order valence-corrected chi connectivity index (χ2v) is 6.70. The number of carbonyl (C=O) groups is 2. The number of nitrogens with one attached hydrogen (secondary N) is 2. The first kappa shape index (κ1) is 23.5. The molecule has 10 heteroatoms. The van der Waals surface area contributed by atoms with E-state index in [4.69, 9.17) is 10.3 Å². The molecule has 2 rings (SSSR count). The van der Waals surface area contributed by atoms with E-state index < -0.39 is 23.9 Å². The van der Waals surface area contributed by atoms with E-state index in [1.807, 2.05) is 13.8 Å². The first-order valence-corrected chi connectivity index (χ1v) is 8.61. The van der Waals surface area contributed by atoms with Crippen molar-refractivity contribution < 1.29 is 18.5 Å². The van der Waals surface area contributed by atoms with Crippen LogP contribution in [0.3, 0.4) is 0 Å². The highest BCUT2D eigenvalue weighted by molar-refractivity contribution is 5.87. The number of hydrogen-bond acceptors (Lipinski definition) is 6. The lowest BCUT2D eigenvalue weighted by atomic mass is 10.1. The van der Waals surface area contributed by atoms with Crippen LogP contribution in [0.4, 0.5) is 4.39 Å². The summed E-state index contributed by atoms with van der Waals surface area (Å²) in [6.07, 6.45) is 0. The van der Waals surface area contributed by atoms with Gasteiger partial charge in [0.25, 0.3) is 0 Å². The predicted octanol–water partition coefficient (Wildman–Crippen LogP) is 1.88. The molecule has 2 atom stereocenters. The van der Waals surface area contributed by atoms with Gasteiger partial charge in [-0.15, -0.1) is 12.4 Å². The Bertz CT molecular complexity index is 827. The van der Waals surface area contributed by atoms with Gasteiger partial charge in [-0.1, -0.05) is 31.1 Å². The van der Waals surface area contributed by atoms with Crippen molar-refractivity contribution in [2.75, 3.05) is 6.54 Å². The lowest BCUT2D eigenvalue weighted by Gasteiger charge is -2.15. The van der Waals surface area contributed by atoms with Crippen LogP contribution in [0.15, 0.2) is 22.7 Å². The molecule has 1 heterocycles. The van der Waals surface area contributed by atoms with E-state index in [-0.39, 0.29) is 42.4 Å². The molecule has 0 radical (unpaired) electrons. The predicted molar refractivity (Wildman–Crippen MR) is 104 cm³/mol. The molecule has 8 nitrogen and oxygen atoms in total. The number of rotatable bonds is 7. The summed E-state index contributed by atoms with van der Waals surface area (Å²) < 4.78 is 18.8. The average Bonchev–Trinajstić information content (AvgIpc) is 3.11. The number of amides is 2. The zero-order chi connectivity index (χ0) is 20.1. The zero-order valence-corrected chi connectivity index (χ0v) is 17.0. The van der Waals surface area contributed by atoms with Gasteiger partial charge in [-0.2, -0.15) is 4.98 Å². The minimum absolute atomic E-state index is 0. The second kappa shape index (κ2) is 10.1. The van der Waals surface area contributed by atoms with Crippen LogP contribution in [0.25, 0.3) is 11.4 Å². The van der Waals surface area contributed by atoms with Gasteiger partial charge in [-0.05, 0) is 31.4 Å². The lowest BCUT2D eigenvalue weighted by Crippen LogP contribution is -2.47. The van der Waals surface area contributed by atoms with Crippen molar-refractivity contribution in [2.45, 2.75) is 39.8 Å². The Morgan fingerprint density at radius 2 is 1.96 bits per heavy atom. The number of nitrogens with zero attached hydrogens (tertiary/aromatic N) is 2. The van der Waals surface area contributed by atoms with E-state index in [2.05, 4.69) is 20.8 Å². The number of carbonyl (C=O) groups excluding carboxylic acids is 2. The van der Waals surface area contributed by atoms with Crippen molar-refractivity contribution >= 4 is 24.2 Å². The highest BCUT2D eigenvalue weighted by Crippen LogP contribution is 2.20. The molecule has 0 saturated carbocycles. The smallest absolute Gasteiger partial charge is 0.249 e. The molecule has 1 unspecified atom stereocenters. The molecule has 1 aromatic heterocycles. The Hall–Kier alpha value is -2.52. The van der Waals surface area contributed by atoms with Crippen LogP contribution in [-0.2, 0) is 9.59 Å². The van der Waals surface area contributed by atoms with Gasteiger partial charge in [0.15, 0.2) is 0 Å². The molecule has 2 aromatic rings. The normalized spacial score (nSPS) is 12.8. The van der Waals surface area contributed by atoms with Gasteiger partial charge in [-0.3, -0.25) is 9.59 Å². The number of halogens is 2. The number of benzene rings is 1. The Labute approximate surface area is 168 Å². The quantitative estimate of drug-likeness (QED) is 0.636. The van der Waals surface area contributed by atoms with Gasteiger partial charge in [0.2, 0.25) is 23.5 Å². The van der Waals surface area contributed by atoms with Crippen LogP contribution >= 0.6 is 12.4 Å². The van der Waals surface area contributed by atoms with E-state index in [1.165, 1.54) is 6.07 Å². The Morgan fingerprint density at radius 3 is 2.57 bits per heavy atom. The Kier molecular flexibility index (Phi) is 8.52. The van der Waals surface area contributed by atoms with Crippen molar-refractivity contribution in [1.82, 2.24) is 20.8 Å². The highest BCUT2D eigenvalue weighted by Gasteiger charge is 2.20. The third kappa shape index (κ3) is 6.00. The molecule has 4 N–H and O–H groups in total. The highest BCUT2D eigenvalue weighted by atomic mass is 35.5. The van der Waals surface area contributed by atoms with Gasteiger partial charge in [0, 0.05) is 5.56 Å². The van der Waals surface area contributed by atoms with Crippen LogP contribution in [0.5, 0.6) is 0 Å². The third-order valence-corrected chi connectivity index (χ3v) is 4.06. The number of aromatic nitrogens is 2. The fourth-order valence-electron chi connectivity index (χ4n) is 2.20. The summed E-state index contributed by atoms with van der Waals surface area (Å²) in [5.41, 5.74) is 6.70. The van der Waals surface area contributed by atoms with Crippen molar-refractivity contribution in [3.05, 3.63) is 35.5 Å². The largest absolute Gasteiger partial charge is 0.346 e. The molecule has 0 aliphatic carbocycles. The summed E-state index contributed by atoms with van der Waals surface area (Å²) in [7, 11) is 0. The van der Waals surface area contributed by atoms with Crippen molar-refractivity contribution in [3.63, 3.8) is 0 Å². The summed E-state index contributed by atoms with van der Waals surface area (Å²) in [6.45, 7) is 6.74. The minimum atomic E-state index is -0.677. The average molecular weight is 414 g/mol. The Morgan fingerprint density at radius 1 is 1.29 bits per heavy atom. The van der Waals surface area contributed by atoms with Gasteiger partial charge in [0.05, 0.1) is 12.6 Å². The molecular formula is C18H25ClFN5O3. The lowest BCUT2D eigenvalue weighted by molar-refractivity contribution is -0.127. The van der Waals surface area contributed by atoms with Gasteiger partial charge in [0.1, 0.15) is 11.9 Å². The van der Waals surface area contributed by atoms with E-state index in [1.54, 1.807) is 26.0 Å². The third-order valence-electron chi connectivity index (χ3n) is 4.06. The zero-order valence-electron chi connectivity index (χ0n) is 16.2. The summed E-state index contributed by atoms with van der Waals surface area (Å²) >= 11 is 0. The van der Waals surface area contributed by atoms with Gasteiger partial charge in [-0.25, -0.2) is 4.39 Å². The van der Waals surface area contributed by atoms with Crippen LogP contribution in [0, 0.1) is 18.7 Å². The molecule has 2 amide bonds. The summed E-state index contributed by atoms with van der Waals surface area (Å²) in [5, 5.41) is 8.93. The maximum atomic E-state index is 13.7.